The van der Waals surface area contributed by atoms with Gasteiger partial charge in [-0.1, -0.05) is 67.1 Å². The average Bonchev–Trinajstić information content (AvgIpc) is 3.12. The van der Waals surface area contributed by atoms with Crippen molar-refractivity contribution >= 4 is 11.6 Å². The Hall–Kier alpha value is -3.93. The first-order valence-corrected chi connectivity index (χ1v) is 11.4. The Labute approximate surface area is 193 Å². The monoisotopic (exact) mass is 438 g/mol. The molecular formula is C27H26N4O2. The van der Waals surface area contributed by atoms with Crippen LogP contribution in [0.15, 0.2) is 78.9 Å². The van der Waals surface area contributed by atoms with Crippen molar-refractivity contribution in [1.82, 2.24) is 14.8 Å². The second-order valence-corrected chi connectivity index (χ2v) is 8.18. The van der Waals surface area contributed by atoms with Gasteiger partial charge in [-0.3, -0.25) is 4.79 Å². The predicted octanol–water partition coefficient (Wildman–Crippen LogP) is 5.36. The average molecular weight is 439 g/mol. The summed E-state index contributed by atoms with van der Waals surface area (Å²) in [5.74, 6) is 2.37. The lowest BCUT2D eigenvalue weighted by molar-refractivity contribution is -0.118. The summed E-state index contributed by atoms with van der Waals surface area (Å²) in [5.41, 5.74) is 3.67. The van der Waals surface area contributed by atoms with E-state index in [1.807, 2.05) is 78.9 Å². The third kappa shape index (κ3) is 4.80. The lowest BCUT2D eigenvalue weighted by Crippen LogP contribution is -2.20. The maximum Gasteiger partial charge on any atom is 0.262 e. The van der Waals surface area contributed by atoms with Gasteiger partial charge in [-0.05, 0) is 36.6 Å². The van der Waals surface area contributed by atoms with Crippen LogP contribution in [0.2, 0.25) is 0 Å². The number of hydrogen-bond acceptors (Lipinski definition) is 4. The van der Waals surface area contributed by atoms with E-state index in [1.165, 1.54) is 6.42 Å². The third-order valence-electron chi connectivity index (χ3n) is 5.84. The van der Waals surface area contributed by atoms with Gasteiger partial charge in [0, 0.05) is 29.8 Å². The first kappa shape index (κ1) is 20.9. The number of nitrogens with zero attached hydrogens (tertiary/aromatic N) is 3. The maximum atomic E-state index is 12.6. The summed E-state index contributed by atoms with van der Waals surface area (Å²) in [6, 6.07) is 25.5. The highest BCUT2D eigenvalue weighted by atomic mass is 16.5. The second kappa shape index (κ2) is 9.69. The largest absolute Gasteiger partial charge is 0.483 e. The first-order chi connectivity index (χ1) is 16.3. The van der Waals surface area contributed by atoms with E-state index in [0.29, 0.717) is 11.4 Å². The number of benzene rings is 3. The van der Waals surface area contributed by atoms with Crippen LogP contribution < -0.4 is 10.1 Å². The number of rotatable bonds is 6. The van der Waals surface area contributed by atoms with Crippen molar-refractivity contribution in [1.29, 1.82) is 0 Å². The van der Waals surface area contributed by atoms with Crippen molar-refractivity contribution in [3.8, 4) is 28.3 Å². The van der Waals surface area contributed by atoms with Gasteiger partial charge in [0.25, 0.3) is 5.91 Å². The van der Waals surface area contributed by atoms with Crippen molar-refractivity contribution in [2.24, 2.45) is 0 Å². The molecule has 2 heterocycles. The highest BCUT2D eigenvalue weighted by molar-refractivity contribution is 5.92. The van der Waals surface area contributed by atoms with E-state index in [9.17, 15) is 4.79 Å². The summed E-state index contributed by atoms with van der Waals surface area (Å²) in [7, 11) is 0. The minimum atomic E-state index is -0.213. The van der Waals surface area contributed by atoms with Crippen LogP contribution in [0, 0.1) is 0 Å². The lowest BCUT2D eigenvalue weighted by atomic mass is 10.1. The number of fused-ring (bicyclic) bond motifs is 1. The summed E-state index contributed by atoms with van der Waals surface area (Å²) >= 11 is 0. The first-order valence-electron chi connectivity index (χ1n) is 11.4. The van der Waals surface area contributed by atoms with Gasteiger partial charge in [-0.25, -0.2) is 0 Å². The zero-order valence-electron chi connectivity index (χ0n) is 18.4. The van der Waals surface area contributed by atoms with Crippen LogP contribution in [0.4, 0.5) is 5.69 Å². The molecule has 0 spiro atoms. The molecule has 6 nitrogen and oxygen atoms in total. The van der Waals surface area contributed by atoms with E-state index >= 15 is 0 Å². The smallest absolute Gasteiger partial charge is 0.262 e. The van der Waals surface area contributed by atoms with Gasteiger partial charge in [0.15, 0.2) is 12.4 Å². The molecule has 0 fully saturated rings. The Morgan fingerprint density at radius 3 is 2.61 bits per heavy atom. The van der Waals surface area contributed by atoms with Crippen LogP contribution in [0.5, 0.6) is 5.75 Å². The van der Waals surface area contributed by atoms with Crippen LogP contribution in [0.25, 0.3) is 22.5 Å². The van der Waals surface area contributed by atoms with Crippen LogP contribution in [-0.2, 0) is 17.8 Å². The zero-order valence-corrected chi connectivity index (χ0v) is 18.4. The molecule has 0 saturated carbocycles. The molecule has 0 bridgehead atoms. The quantitative estimate of drug-likeness (QED) is 0.440. The van der Waals surface area contributed by atoms with Gasteiger partial charge in [0.1, 0.15) is 11.6 Å². The minimum absolute atomic E-state index is 0.0750. The summed E-state index contributed by atoms with van der Waals surface area (Å²) in [4.78, 5) is 12.6. The van der Waals surface area contributed by atoms with E-state index < -0.39 is 0 Å². The Morgan fingerprint density at radius 1 is 0.879 bits per heavy atom. The van der Waals surface area contributed by atoms with Crippen molar-refractivity contribution in [2.75, 3.05) is 11.9 Å². The molecule has 0 unspecified atom stereocenters. The predicted molar refractivity (Wildman–Crippen MR) is 129 cm³/mol. The topological polar surface area (TPSA) is 69.0 Å². The number of aryl methyl sites for hydroxylation is 1. The number of amides is 1. The van der Waals surface area contributed by atoms with E-state index in [1.54, 1.807) is 0 Å². The number of hydrogen-bond donors (Lipinski definition) is 1. The van der Waals surface area contributed by atoms with Crippen LogP contribution in [0.1, 0.15) is 25.1 Å². The molecule has 5 rings (SSSR count). The standard InChI is InChI=1S/C27H26N4O2/c32-26(19-33-24-15-7-6-14-23(24)20-10-3-1-4-11-20)28-22-13-9-12-21(18-22)27-30-29-25-16-5-2-8-17-31(25)27/h1,3-4,6-7,9-15,18H,2,5,8,16-17,19H2,(H,28,32). The summed E-state index contributed by atoms with van der Waals surface area (Å²) in [5, 5.41) is 11.8. The fraction of sp³-hybridized carbons (Fsp3) is 0.222. The number of carbonyl (C=O) groups excluding carboxylic acids is 1. The number of carbonyl (C=O) groups is 1. The number of ether oxygens (including phenoxy) is 1. The third-order valence-corrected chi connectivity index (χ3v) is 5.84. The Morgan fingerprint density at radius 2 is 1.70 bits per heavy atom. The van der Waals surface area contributed by atoms with E-state index in [0.717, 1.165) is 54.1 Å². The van der Waals surface area contributed by atoms with E-state index in [-0.39, 0.29) is 12.5 Å². The molecule has 4 aromatic rings. The second-order valence-electron chi connectivity index (χ2n) is 8.18. The molecule has 1 amide bonds. The Kier molecular flexibility index (Phi) is 6.15. The van der Waals surface area contributed by atoms with E-state index in [4.69, 9.17) is 4.74 Å². The van der Waals surface area contributed by atoms with Crippen molar-refractivity contribution in [3.63, 3.8) is 0 Å². The van der Waals surface area contributed by atoms with Crippen LogP contribution in [-0.4, -0.2) is 27.3 Å². The van der Waals surface area contributed by atoms with E-state index in [2.05, 4.69) is 20.1 Å². The summed E-state index contributed by atoms with van der Waals surface area (Å²) in [6.07, 6.45) is 4.47. The fourth-order valence-electron chi connectivity index (χ4n) is 4.22. The Balaban J connectivity index is 1.27. The van der Waals surface area contributed by atoms with Crippen LogP contribution >= 0.6 is 0 Å². The molecule has 1 N–H and O–H groups in total. The van der Waals surface area contributed by atoms with Gasteiger partial charge in [0.05, 0.1) is 0 Å². The molecule has 0 radical (unpaired) electrons. The highest BCUT2D eigenvalue weighted by Crippen LogP contribution is 2.29. The number of nitrogens with one attached hydrogen (secondary N) is 1. The highest BCUT2D eigenvalue weighted by Gasteiger charge is 2.16. The number of aromatic nitrogens is 3. The van der Waals surface area contributed by atoms with Gasteiger partial charge in [-0.15, -0.1) is 10.2 Å². The molecule has 3 aromatic carbocycles. The minimum Gasteiger partial charge on any atom is -0.483 e. The van der Waals surface area contributed by atoms with Gasteiger partial charge in [-0.2, -0.15) is 0 Å². The van der Waals surface area contributed by atoms with Crippen molar-refractivity contribution in [2.45, 2.75) is 32.2 Å². The summed E-state index contributed by atoms with van der Waals surface area (Å²) < 4.78 is 8.08. The Bertz CT molecular complexity index is 1250. The molecule has 0 aliphatic carbocycles. The van der Waals surface area contributed by atoms with Crippen LogP contribution in [0.3, 0.4) is 0 Å². The molecule has 1 aliphatic heterocycles. The lowest BCUT2D eigenvalue weighted by Gasteiger charge is -2.12. The molecule has 1 aliphatic rings. The number of para-hydroxylation sites is 1. The van der Waals surface area contributed by atoms with Gasteiger partial charge < -0.3 is 14.6 Å². The molecule has 0 atom stereocenters. The molecule has 1 aromatic heterocycles. The molecule has 33 heavy (non-hydrogen) atoms. The van der Waals surface area contributed by atoms with Crippen molar-refractivity contribution < 1.29 is 9.53 Å². The zero-order chi connectivity index (χ0) is 22.5. The molecule has 0 saturated heterocycles. The number of anilines is 1. The van der Waals surface area contributed by atoms with Crippen molar-refractivity contribution in [3.05, 3.63) is 84.7 Å². The maximum absolute atomic E-state index is 12.6. The molecule has 6 heteroatoms. The normalized spacial score (nSPS) is 13.1. The molecule has 166 valence electrons. The van der Waals surface area contributed by atoms with Gasteiger partial charge >= 0.3 is 0 Å². The fourth-order valence-corrected chi connectivity index (χ4v) is 4.22. The summed E-state index contributed by atoms with van der Waals surface area (Å²) in [6.45, 7) is 0.858. The molecular weight excluding hydrogens is 412 g/mol. The van der Waals surface area contributed by atoms with Gasteiger partial charge in [0.2, 0.25) is 0 Å². The SMILES string of the molecule is O=C(COc1ccccc1-c1ccccc1)Nc1cccc(-c2nnc3n2CCCCC3)c1.